The highest BCUT2D eigenvalue weighted by molar-refractivity contribution is 5.80. The normalized spacial score (nSPS) is 21.3. The molecule has 0 atom stereocenters. The van der Waals surface area contributed by atoms with Gasteiger partial charge in [0, 0.05) is 24.7 Å². The molecule has 0 unspecified atom stereocenters. The number of fused-ring (bicyclic) bond motifs is 2. The first kappa shape index (κ1) is 21.2. The smallest absolute Gasteiger partial charge is 0.227 e. The lowest BCUT2D eigenvalue weighted by molar-refractivity contribution is 0.312. The fourth-order valence-corrected chi connectivity index (χ4v) is 5.21. The predicted molar refractivity (Wildman–Crippen MR) is 130 cm³/mol. The third-order valence-corrected chi connectivity index (χ3v) is 7.23. The molecule has 3 N–H and O–H groups in total. The maximum absolute atomic E-state index is 5.86. The van der Waals surface area contributed by atoms with Gasteiger partial charge in [-0.3, -0.25) is 0 Å². The zero-order valence-corrected chi connectivity index (χ0v) is 19.1. The first-order valence-corrected chi connectivity index (χ1v) is 11.7. The Kier molecular flexibility index (Phi) is 5.98. The van der Waals surface area contributed by atoms with E-state index < -0.39 is 0 Å². The average molecular weight is 432 g/mol. The summed E-state index contributed by atoms with van der Waals surface area (Å²) in [5.74, 6) is 2.75. The largest absolute Gasteiger partial charge is 0.495 e. The molecule has 0 spiro atoms. The number of aromatic nitrogens is 2. The highest BCUT2D eigenvalue weighted by atomic mass is 16.5. The van der Waals surface area contributed by atoms with E-state index in [4.69, 9.17) is 15.5 Å². The van der Waals surface area contributed by atoms with Gasteiger partial charge in [-0.2, -0.15) is 0 Å². The molecular formula is C26H33N5O. The Hall–Kier alpha value is -2.70. The number of ether oxygens (including phenoxy) is 1. The van der Waals surface area contributed by atoms with Crippen molar-refractivity contribution in [2.24, 2.45) is 11.7 Å². The molecule has 0 saturated heterocycles. The van der Waals surface area contributed by atoms with Crippen molar-refractivity contribution < 1.29 is 4.74 Å². The summed E-state index contributed by atoms with van der Waals surface area (Å²) in [6, 6.07) is 11.0. The number of likely N-dealkylation sites (N-methyl/N-ethyl adjacent to an activating group) is 1. The Morgan fingerprint density at radius 3 is 2.75 bits per heavy atom. The van der Waals surface area contributed by atoms with Crippen LogP contribution in [0.3, 0.4) is 0 Å². The lowest BCUT2D eigenvalue weighted by atomic mass is 9.78. The van der Waals surface area contributed by atoms with Crippen LogP contribution in [0, 0.1) is 5.92 Å². The maximum Gasteiger partial charge on any atom is 0.227 e. The summed E-state index contributed by atoms with van der Waals surface area (Å²) >= 11 is 0. The zero-order chi connectivity index (χ0) is 22.1. The summed E-state index contributed by atoms with van der Waals surface area (Å²) in [6.45, 7) is 2.84. The molecule has 32 heavy (non-hydrogen) atoms. The van der Waals surface area contributed by atoms with E-state index in [-0.39, 0.29) is 0 Å². The monoisotopic (exact) mass is 431 g/mol. The van der Waals surface area contributed by atoms with Crippen LogP contribution in [0.4, 0.5) is 11.6 Å². The van der Waals surface area contributed by atoms with Gasteiger partial charge in [0.1, 0.15) is 5.75 Å². The maximum atomic E-state index is 5.86. The summed E-state index contributed by atoms with van der Waals surface area (Å²) in [7, 11) is 3.87. The van der Waals surface area contributed by atoms with E-state index in [1.165, 1.54) is 42.4 Å². The van der Waals surface area contributed by atoms with Crippen LogP contribution in [-0.4, -0.2) is 42.1 Å². The van der Waals surface area contributed by atoms with Gasteiger partial charge in [0.25, 0.3) is 0 Å². The Morgan fingerprint density at radius 1 is 1.12 bits per heavy atom. The number of anilines is 2. The Bertz CT molecular complexity index is 1110. The molecule has 0 bridgehead atoms. The summed E-state index contributed by atoms with van der Waals surface area (Å²) in [5.41, 5.74) is 11.8. The van der Waals surface area contributed by atoms with Crippen LogP contribution in [-0.2, 0) is 13.0 Å². The van der Waals surface area contributed by atoms with E-state index in [0.717, 1.165) is 48.4 Å². The zero-order valence-electron chi connectivity index (χ0n) is 19.1. The van der Waals surface area contributed by atoms with Crippen molar-refractivity contribution in [2.45, 2.75) is 44.6 Å². The third kappa shape index (κ3) is 4.30. The molecule has 5 rings (SSSR count). The van der Waals surface area contributed by atoms with Crippen molar-refractivity contribution in [1.29, 1.82) is 0 Å². The molecular weight excluding hydrogens is 398 g/mol. The van der Waals surface area contributed by atoms with Crippen molar-refractivity contribution in [1.82, 2.24) is 14.9 Å². The lowest BCUT2D eigenvalue weighted by Crippen LogP contribution is -2.26. The summed E-state index contributed by atoms with van der Waals surface area (Å²) < 4.78 is 5.66. The van der Waals surface area contributed by atoms with E-state index in [9.17, 15) is 0 Å². The number of nitrogens with one attached hydrogen (secondary N) is 1. The minimum Gasteiger partial charge on any atom is -0.495 e. The van der Waals surface area contributed by atoms with E-state index in [1.54, 1.807) is 7.11 Å². The SMILES string of the molecule is COc1cc2c(cc1Nc1ncc3cc(C4CCC(CN)CC4)ccc3n1)CN(C)CC2. The van der Waals surface area contributed by atoms with Crippen LogP contribution in [0.1, 0.15) is 48.3 Å². The van der Waals surface area contributed by atoms with Gasteiger partial charge in [-0.25, -0.2) is 9.97 Å². The molecule has 168 valence electrons. The molecule has 2 heterocycles. The van der Waals surface area contributed by atoms with E-state index in [2.05, 4.69) is 52.6 Å². The van der Waals surface area contributed by atoms with Crippen molar-refractivity contribution in [3.8, 4) is 5.75 Å². The van der Waals surface area contributed by atoms with Crippen LogP contribution in [0.15, 0.2) is 36.5 Å². The highest BCUT2D eigenvalue weighted by Crippen LogP contribution is 2.37. The van der Waals surface area contributed by atoms with Gasteiger partial charge in [0.05, 0.1) is 18.3 Å². The molecule has 0 radical (unpaired) electrons. The van der Waals surface area contributed by atoms with Gasteiger partial charge < -0.3 is 20.7 Å². The molecule has 2 aromatic carbocycles. The predicted octanol–water partition coefficient (Wildman–Crippen LogP) is 4.60. The second-order valence-electron chi connectivity index (χ2n) is 9.40. The molecule has 1 aliphatic heterocycles. The lowest BCUT2D eigenvalue weighted by Gasteiger charge is -2.28. The van der Waals surface area contributed by atoms with Gasteiger partial charge in [-0.15, -0.1) is 0 Å². The third-order valence-electron chi connectivity index (χ3n) is 7.23. The van der Waals surface area contributed by atoms with Crippen LogP contribution >= 0.6 is 0 Å². The Labute approximate surface area is 190 Å². The highest BCUT2D eigenvalue weighted by Gasteiger charge is 2.22. The van der Waals surface area contributed by atoms with Gasteiger partial charge in [0.15, 0.2) is 0 Å². The van der Waals surface area contributed by atoms with Crippen molar-refractivity contribution in [3.05, 3.63) is 53.2 Å². The van der Waals surface area contributed by atoms with E-state index >= 15 is 0 Å². The fourth-order valence-electron chi connectivity index (χ4n) is 5.21. The van der Waals surface area contributed by atoms with Crippen LogP contribution in [0.5, 0.6) is 5.75 Å². The average Bonchev–Trinajstić information content (AvgIpc) is 2.83. The number of hydrogen-bond donors (Lipinski definition) is 2. The van der Waals surface area contributed by atoms with Gasteiger partial charge >= 0.3 is 0 Å². The second-order valence-corrected chi connectivity index (χ2v) is 9.40. The summed E-state index contributed by atoms with van der Waals surface area (Å²) in [4.78, 5) is 11.7. The second kappa shape index (κ2) is 9.04. The van der Waals surface area contributed by atoms with Crippen LogP contribution in [0.25, 0.3) is 10.9 Å². The first-order valence-electron chi connectivity index (χ1n) is 11.7. The molecule has 1 aromatic heterocycles. The summed E-state index contributed by atoms with van der Waals surface area (Å²) in [6.07, 6.45) is 7.89. The quantitative estimate of drug-likeness (QED) is 0.615. The van der Waals surface area contributed by atoms with E-state index in [0.29, 0.717) is 17.8 Å². The van der Waals surface area contributed by atoms with Crippen LogP contribution < -0.4 is 15.8 Å². The Morgan fingerprint density at radius 2 is 1.97 bits per heavy atom. The molecule has 3 aromatic rings. The number of rotatable bonds is 5. The molecule has 1 aliphatic carbocycles. The van der Waals surface area contributed by atoms with E-state index in [1.807, 2.05) is 6.20 Å². The molecule has 0 amide bonds. The molecule has 2 aliphatic rings. The standard InChI is InChI=1S/C26H33N5O/c1-31-10-9-20-13-25(32-2)24(12-22(20)16-31)30-26-28-15-21-11-19(7-8-23(21)29-26)18-5-3-17(14-27)4-6-18/h7-8,11-13,15,17-18H,3-6,9-10,14,16,27H2,1-2H3,(H,28,29,30). The van der Waals surface area contributed by atoms with Gasteiger partial charge in [-0.05, 0) is 98.5 Å². The fraction of sp³-hybridized carbons (Fsp3) is 0.462. The molecule has 1 saturated carbocycles. The van der Waals surface area contributed by atoms with Crippen molar-refractivity contribution in [3.63, 3.8) is 0 Å². The van der Waals surface area contributed by atoms with Crippen LogP contribution in [0.2, 0.25) is 0 Å². The topological polar surface area (TPSA) is 76.3 Å². The first-order chi connectivity index (χ1) is 15.6. The van der Waals surface area contributed by atoms with Gasteiger partial charge in [-0.1, -0.05) is 6.07 Å². The Balaban J connectivity index is 1.37. The molecule has 1 fully saturated rings. The minimum absolute atomic E-state index is 0.594. The number of methoxy groups -OCH3 is 1. The van der Waals surface area contributed by atoms with Crippen molar-refractivity contribution in [2.75, 3.05) is 32.6 Å². The van der Waals surface area contributed by atoms with Crippen molar-refractivity contribution >= 4 is 22.5 Å². The molecule has 6 heteroatoms. The number of nitrogens with zero attached hydrogens (tertiary/aromatic N) is 3. The number of nitrogens with two attached hydrogens (primary N) is 1. The van der Waals surface area contributed by atoms with Gasteiger partial charge in [0.2, 0.25) is 5.95 Å². The molecule has 6 nitrogen and oxygen atoms in total. The number of hydrogen-bond acceptors (Lipinski definition) is 6. The minimum atomic E-state index is 0.594. The number of benzene rings is 2. The summed E-state index contributed by atoms with van der Waals surface area (Å²) in [5, 5.41) is 4.48.